The highest BCUT2D eigenvalue weighted by atomic mass is 35.5. The van der Waals surface area contributed by atoms with Crippen molar-refractivity contribution in [3.05, 3.63) is 23.8 Å². The van der Waals surface area contributed by atoms with Gasteiger partial charge >= 0.3 is 5.97 Å². The SMILES string of the molecule is CCC(=O)O[C@]1(C(=O)CCl)[C@@H](C)C[C@@H]2[C@@H]3C[C@H](F)C4=CC(=O)C=C[C@]4(C)[C@@]3(F)[C@H](O)C[C@]21C. The Bertz CT molecular complexity index is 964. The van der Waals surface area contributed by atoms with E-state index in [0.717, 1.165) is 6.08 Å². The van der Waals surface area contributed by atoms with Crippen LogP contribution in [0.25, 0.3) is 0 Å². The van der Waals surface area contributed by atoms with E-state index < -0.39 is 75.5 Å². The second kappa shape index (κ2) is 7.70. The number of allylic oxidation sites excluding steroid dienone is 4. The molecule has 0 spiro atoms. The Hall–Kier alpha value is -1.60. The summed E-state index contributed by atoms with van der Waals surface area (Å²) in [4.78, 5) is 37.7. The molecule has 0 unspecified atom stereocenters. The molecular formula is C25H31ClF2O5. The third-order valence-corrected chi connectivity index (χ3v) is 9.51. The molecule has 8 heteroatoms. The second-order valence-electron chi connectivity index (χ2n) is 10.6. The van der Waals surface area contributed by atoms with Crippen molar-refractivity contribution in [3.63, 3.8) is 0 Å². The van der Waals surface area contributed by atoms with Gasteiger partial charge in [0.15, 0.2) is 22.8 Å². The minimum absolute atomic E-state index is 0.0431. The van der Waals surface area contributed by atoms with E-state index in [1.54, 1.807) is 20.8 Å². The molecule has 0 aromatic heterocycles. The summed E-state index contributed by atoms with van der Waals surface area (Å²) in [6.07, 6.45) is 0.584. The Kier molecular flexibility index (Phi) is 5.73. The summed E-state index contributed by atoms with van der Waals surface area (Å²) in [6.45, 7) is 6.64. The summed E-state index contributed by atoms with van der Waals surface area (Å²) in [5.41, 5.74) is -6.47. The van der Waals surface area contributed by atoms with Crippen LogP contribution in [0.4, 0.5) is 8.78 Å². The number of hydrogen-bond donors (Lipinski definition) is 1. The van der Waals surface area contributed by atoms with Gasteiger partial charge in [-0.05, 0) is 49.8 Å². The third-order valence-electron chi connectivity index (χ3n) is 9.27. The maximum absolute atomic E-state index is 17.2. The standard InChI is InChI=1S/C25H31ClF2O5/c1-5-21(32)33-25(20(31)12-26)13(2)8-15-16-10-18(27)17-9-14(29)6-7-22(17,3)24(16,28)19(30)11-23(15,25)4/h6-7,9,13,15-16,18-19,30H,5,8,10-12H2,1-4H3/t13-,15+,16-,18-,19+,22-,23+,24-,25-/m0/s1. The molecule has 0 amide bonds. The average Bonchev–Trinajstić information content (AvgIpc) is 2.98. The highest BCUT2D eigenvalue weighted by Gasteiger charge is 2.77. The van der Waals surface area contributed by atoms with E-state index in [0.29, 0.717) is 6.42 Å². The molecule has 0 bridgehead atoms. The van der Waals surface area contributed by atoms with Crippen LogP contribution in [0.5, 0.6) is 0 Å². The van der Waals surface area contributed by atoms with Gasteiger partial charge in [0.25, 0.3) is 0 Å². The van der Waals surface area contributed by atoms with E-state index >= 15 is 8.78 Å². The van der Waals surface area contributed by atoms with Crippen molar-refractivity contribution in [1.82, 2.24) is 0 Å². The van der Waals surface area contributed by atoms with Crippen LogP contribution < -0.4 is 0 Å². The lowest BCUT2D eigenvalue weighted by Gasteiger charge is -2.63. The quantitative estimate of drug-likeness (QED) is 0.481. The highest BCUT2D eigenvalue weighted by molar-refractivity contribution is 6.29. The lowest BCUT2D eigenvalue weighted by Crippen LogP contribution is -2.71. The zero-order valence-electron chi connectivity index (χ0n) is 19.4. The number of alkyl halides is 3. The van der Waals surface area contributed by atoms with Crippen LogP contribution in [0.15, 0.2) is 23.8 Å². The minimum Gasteiger partial charge on any atom is -0.450 e. The van der Waals surface area contributed by atoms with Crippen LogP contribution in [-0.2, 0) is 19.1 Å². The summed E-state index contributed by atoms with van der Waals surface area (Å²) in [7, 11) is 0. The van der Waals surface area contributed by atoms with E-state index in [9.17, 15) is 19.5 Å². The number of ketones is 2. The molecule has 5 nitrogen and oxygen atoms in total. The van der Waals surface area contributed by atoms with Gasteiger partial charge in [0.05, 0.1) is 12.0 Å². The number of halogens is 3. The number of aliphatic hydroxyl groups is 1. The molecular weight excluding hydrogens is 454 g/mol. The number of aliphatic hydroxyl groups excluding tert-OH is 1. The van der Waals surface area contributed by atoms with Gasteiger partial charge in [-0.2, -0.15) is 0 Å². The highest BCUT2D eigenvalue weighted by Crippen LogP contribution is 2.71. The predicted octanol–water partition coefficient (Wildman–Crippen LogP) is 4.05. The first kappa shape index (κ1) is 24.5. The monoisotopic (exact) mass is 484 g/mol. The molecule has 4 aliphatic rings. The number of rotatable bonds is 4. The molecule has 182 valence electrons. The fraction of sp³-hybridized carbons (Fsp3) is 0.720. The molecule has 0 saturated heterocycles. The Morgan fingerprint density at radius 3 is 2.55 bits per heavy atom. The van der Waals surface area contributed by atoms with Gasteiger partial charge in [0.2, 0.25) is 0 Å². The number of esters is 1. The van der Waals surface area contributed by atoms with Crippen LogP contribution in [-0.4, -0.2) is 52.1 Å². The topological polar surface area (TPSA) is 80.7 Å². The Labute approximate surface area is 197 Å². The maximum atomic E-state index is 17.2. The third kappa shape index (κ3) is 2.87. The zero-order chi connectivity index (χ0) is 24.6. The first-order chi connectivity index (χ1) is 15.3. The lowest BCUT2D eigenvalue weighted by molar-refractivity contribution is -0.230. The summed E-state index contributed by atoms with van der Waals surface area (Å²) in [5.74, 6) is -3.84. The molecule has 0 heterocycles. The maximum Gasteiger partial charge on any atom is 0.306 e. The molecule has 0 aliphatic heterocycles. The molecule has 3 saturated carbocycles. The molecule has 1 N–H and O–H groups in total. The summed E-state index contributed by atoms with van der Waals surface area (Å²) in [5, 5.41) is 11.4. The van der Waals surface area contributed by atoms with Crippen LogP contribution in [0.2, 0.25) is 0 Å². The van der Waals surface area contributed by atoms with E-state index in [-0.39, 0.29) is 24.8 Å². The fourth-order valence-corrected chi connectivity index (χ4v) is 7.94. The zero-order valence-corrected chi connectivity index (χ0v) is 20.1. The Morgan fingerprint density at radius 1 is 1.27 bits per heavy atom. The largest absolute Gasteiger partial charge is 0.450 e. The molecule has 33 heavy (non-hydrogen) atoms. The first-order valence-corrected chi connectivity index (χ1v) is 12.1. The van der Waals surface area contributed by atoms with Crippen molar-refractivity contribution < 1.29 is 33.0 Å². The summed E-state index contributed by atoms with van der Waals surface area (Å²) in [6, 6.07) is 0. The number of fused-ring (bicyclic) bond motifs is 5. The van der Waals surface area contributed by atoms with Crippen LogP contribution in [0.1, 0.15) is 53.4 Å². The van der Waals surface area contributed by atoms with Gasteiger partial charge in [0.1, 0.15) is 6.17 Å². The van der Waals surface area contributed by atoms with Crippen molar-refractivity contribution in [2.75, 3.05) is 5.88 Å². The van der Waals surface area contributed by atoms with E-state index in [1.807, 2.05) is 0 Å². The number of ether oxygens (including phenoxy) is 1. The van der Waals surface area contributed by atoms with Gasteiger partial charge in [-0.15, -0.1) is 11.6 Å². The first-order valence-electron chi connectivity index (χ1n) is 11.6. The van der Waals surface area contributed by atoms with Crippen LogP contribution in [0, 0.1) is 28.6 Å². The van der Waals surface area contributed by atoms with Gasteiger partial charge in [-0.1, -0.05) is 26.8 Å². The molecule has 0 aromatic rings. The van der Waals surface area contributed by atoms with E-state index in [1.165, 1.54) is 19.1 Å². The smallest absolute Gasteiger partial charge is 0.306 e. The van der Waals surface area contributed by atoms with Crippen LogP contribution >= 0.6 is 11.6 Å². The number of carbonyl (C=O) groups is 3. The van der Waals surface area contributed by atoms with Gasteiger partial charge in [-0.3, -0.25) is 14.4 Å². The molecule has 3 fully saturated rings. The summed E-state index contributed by atoms with van der Waals surface area (Å²) >= 11 is 5.97. The number of carbonyl (C=O) groups excluding carboxylic acids is 3. The van der Waals surface area contributed by atoms with Gasteiger partial charge < -0.3 is 9.84 Å². The van der Waals surface area contributed by atoms with Crippen molar-refractivity contribution in [3.8, 4) is 0 Å². The van der Waals surface area contributed by atoms with Crippen LogP contribution in [0.3, 0.4) is 0 Å². The van der Waals surface area contributed by atoms with Gasteiger partial charge in [-0.25, -0.2) is 8.78 Å². The van der Waals surface area contributed by atoms with E-state index in [2.05, 4.69) is 0 Å². The number of Topliss-reactive ketones (excluding diaryl/α,β-unsaturated/α-hetero) is 1. The van der Waals surface area contributed by atoms with Gasteiger partial charge in [0, 0.05) is 29.1 Å². The molecule has 0 aromatic carbocycles. The Balaban J connectivity index is 1.88. The fourth-order valence-electron chi connectivity index (χ4n) is 7.74. The summed E-state index contributed by atoms with van der Waals surface area (Å²) < 4.78 is 38.5. The van der Waals surface area contributed by atoms with Crippen molar-refractivity contribution >= 4 is 29.1 Å². The number of hydrogen-bond acceptors (Lipinski definition) is 5. The molecule has 4 aliphatic carbocycles. The van der Waals surface area contributed by atoms with Crippen molar-refractivity contribution in [2.24, 2.45) is 28.6 Å². The average molecular weight is 485 g/mol. The molecule has 0 radical (unpaired) electrons. The second-order valence-corrected chi connectivity index (χ2v) is 10.9. The molecule has 4 rings (SSSR count). The normalized spacial score (nSPS) is 48.4. The minimum atomic E-state index is -2.25. The Morgan fingerprint density at radius 2 is 1.94 bits per heavy atom. The lowest BCUT2D eigenvalue weighted by atomic mass is 9.44. The van der Waals surface area contributed by atoms with Crippen molar-refractivity contribution in [1.29, 1.82) is 0 Å². The predicted molar refractivity (Wildman–Crippen MR) is 118 cm³/mol. The van der Waals surface area contributed by atoms with E-state index in [4.69, 9.17) is 16.3 Å². The molecule has 9 atom stereocenters. The van der Waals surface area contributed by atoms with Crippen molar-refractivity contribution in [2.45, 2.75) is 76.9 Å².